The van der Waals surface area contributed by atoms with Crippen LogP contribution in [0.15, 0.2) is 117 Å². The Hall–Kier alpha value is -2.95. The first kappa shape index (κ1) is 18.4. The molecule has 0 N–H and O–H groups in total. The minimum Gasteiger partial charge on any atom is -0.448 e. The summed E-state index contributed by atoms with van der Waals surface area (Å²) in [6.07, 6.45) is 1.73. The number of hydrogen-bond donors (Lipinski definition) is 0. The third-order valence-electron chi connectivity index (χ3n) is 3.94. The molecule has 0 unspecified atom stereocenters. The van der Waals surface area contributed by atoms with Crippen molar-refractivity contribution in [3.05, 3.63) is 108 Å². The van der Waals surface area contributed by atoms with Gasteiger partial charge in [-0.3, -0.25) is 0 Å². The van der Waals surface area contributed by atoms with Crippen molar-refractivity contribution in [2.75, 3.05) is 5.01 Å². The zero-order chi connectivity index (χ0) is 19.2. The average Bonchev–Trinajstić information content (AvgIpc) is 3.19. The second kappa shape index (κ2) is 8.83. The van der Waals surface area contributed by atoms with Crippen molar-refractivity contribution in [1.82, 2.24) is 0 Å². The maximum Gasteiger partial charge on any atom is 0.165 e. The number of para-hydroxylation sites is 2. The van der Waals surface area contributed by atoms with Gasteiger partial charge in [-0.15, -0.1) is 0 Å². The van der Waals surface area contributed by atoms with Crippen LogP contribution in [0, 0.1) is 0 Å². The standard InChI is InChI=1S/C23H17ClN2OS/c24-18-11-14-22(15-12-18)28-23-16-13-21(27-23)17-25-26(19-7-3-1-4-8-19)20-9-5-2-6-10-20/h1-17H/b25-17-. The van der Waals surface area contributed by atoms with Crippen molar-refractivity contribution in [2.45, 2.75) is 9.99 Å². The molecule has 3 nitrogen and oxygen atoms in total. The van der Waals surface area contributed by atoms with Gasteiger partial charge in [0, 0.05) is 9.92 Å². The van der Waals surface area contributed by atoms with Gasteiger partial charge in [-0.05, 0) is 60.7 Å². The van der Waals surface area contributed by atoms with Crippen LogP contribution < -0.4 is 5.01 Å². The Kier molecular flexibility index (Phi) is 5.80. The summed E-state index contributed by atoms with van der Waals surface area (Å²) in [6, 6.07) is 31.6. The van der Waals surface area contributed by atoms with Crippen molar-refractivity contribution < 1.29 is 4.42 Å². The first-order valence-corrected chi connectivity index (χ1v) is 9.95. The van der Waals surface area contributed by atoms with Crippen LogP contribution in [0.2, 0.25) is 5.02 Å². The van der Waals surface area contributed by atoms with Crippen LogP contribution in [0.4, 0.5) is 11.4 Å². The maximum absolute atomic E-state index is 5.94. The molecule has 1 heterocycles. The first-order chi connectivity index (χ1) is 13.8. The zero-order valence-corrected chi connectivity index (χ0v) is 16.5. The lowest BCUT2D eigenvalue weighted by atomic mass is 10.2. The van der Waals surface area contributed by atoms with Gasteiger partial charge < -0.3 is 4.42 Å². The van der Waals surface area contributed by atoms with E-state index in [4.69, 9.17) is 16.0 Å². The molecule has 138 valence electrons. The number of rotatable bonds is 6. The largest absolute Gasteiger partial charge is 0.448 e. The number of hydrogen-bond acceptors (Lipinski definition) is 4. The van der Waals surface area contributed by atoms with Gasteiger partial charge in [-0.25, -0.2) is 5.01 Å². The predicted octanol–water partition coefficient (Wildman–Crippen LogP) is 7.26. The third-order valence-corrected chi connectivity index (χ3v) is 5.12. The molecule has 0 fully saturated rings. The van der Waals surface area contributed by atoms with Gasteiger partial charge in [-0.1, -0.05) is 59.8 Å². The number of halogens is 1. The van der Waals surface area contributed by atoms with Gasteiger partial charge in [0.25, 0.3) is 0 Å². The van der Waals surface area contributed by atoms with Gasteiger partial charge in [0.2, 0.25) is 0 Å². The molecule has 28 heavy (non-hydrogen) atoms. The lowest BCUT2D eigenvalue weighted by molar-refractivity contribution is 0.469. The minimum absolute atomic E-state index is 0.688. The van der Waals surface area contributed by atoms with E-state index in [2.05, 4.69) is 5.10 Å². The molecule has 5 heteroatoms. The number of nitrogens with zero attached hydrogens (tertiary/aromatic N) is 2. The number of hydrazone groups is 1. The average molecular weight is 405 g/mol. The Labute approximate surface area is 173 Å². The molecule has 0 bridgehead atoms. The molecule has 0 saturated heterocycles. The van der Waals surface area contributed by atoms with Crippen LogP contribution in [-0.4, -0.2) is 6.21 Å². The number of benzene rings is 3. The van der Waals surface area contributed by atoms with Crippen LogP contribution in [0.25, 0.3) is 0 Å². The Morgan fingerprint density at radius 3 is 1.96 bits per heavy atom. The van der Waals surface area contributed by atoms with Gasteiger partial charge in [0.05, 0.1) is 17.6 Å². The highest BCUT2D eigenvalue weighted by Gasteiger charge is 2.08. The van der Waals surface area contributed by atoms with Crippen molar-refractivity contribution in [1.29, 1.82) is 0 Å². The molecular weight excluding hydrogens is 388 g/mol. The fourth-order valence-electron chi connectivity index (χ4n) is 2.61. The van der Waals surface area contributed by atoms with Gasteiger partial charge in [0.1, 0.15) is 5.76 Å². The minimum atomic E-state index is 0.688. The summed E-state index contributed by atoms with van der Waals surface area (Å²) in [7, 11) is 0. The Balaban J connectivity index is 1.54. The fraction of sp³-hybridized carbons (Fsp3) is 0. The summed E-state index contributed by atoms with van der Waals surface area (Å²) < 4.78 is 5.89. The molecule has 0 aliphatic carbocycles. The second-order valence-corrected chi connectivity index (χ2v) is 7.45. The summed E-state index contributed by atoms with van der Waals surface area (Å²) in [5, 5.41) is 8.06. The highest BCUT2D eigenvalue weighted by molar-refractivity contribution is 7.99. The van der Waals surface area contributed by atoms with Crippen LogP contribution >= 0.6 is 23.4 Å². The molecule has 4 rings (SSSR count). The second-order valence-electron chi connectivity index (χ2n) is 5.94. The molecule has 0 radical (unpaired) electrons. The predicted molar refractivity (Wildman–Crippen MR) is 117 cm³/mol. The van der Waals surface area contributed by atoms with E-state index < -0.39 is 0 Å². The van der Waals surface area contributed by atoms with Crippen molar-refractivity contribution in [2.24, 2.45) is 5.10 Å². The Morgan fingerprint density at radius 1 is 0.750 bits per heavy atom. The van der Waals surface area contributed by atoms with E-state index in [0.717, 1.165) is 26.4 Å². The molecule has 3 aromatic carbocycles. The smallest absolute Gasteiger partial charge is 0.165 e. The molecule has 0 saturated carbocycles. The van der Waals surface area contributed by atoms with Crippen LogP contribution in [0.5, 0.6) is 0 Å². The van der Waals surface area contributed by atoms with Crippen molar-refractivity contribution in [3.63, 3.8) is 0 Å². The van der Waals surface area contributed by atoms with E-state index in [0.29, 0.717) is 5.76 Å². The van der Waals surface area contributed by atoms with Gasteiger partial charge in [0.15, 0.2) is 5.09 Å². The summed E-state index contributed by atoms with van der Waals surface area (Å²) in [5.74, 6) is 0.688. The normalized spacial score (nSPS) is 11.0. The van der Waals surface area contributed by atoms with E-state index in [9.17, 15) is 0 Å². The van der Waals surface area contributed by atoms with Crippen molar-refractivity contribution in [3.8, 4) is 0 Å². The fourth-order valence-corrected chi connectivity index (χ4v) is 3.52. The molecular formula is C23H17ClN2OS. The summed E-state index contributed by atoms with van der Waals surface area (Å²) >= 11 is 7.48. The summed E-state index contributed by atoms with van der Waals surface area (Å²) in [6.45, 7) is 0. The lowest BCUT2D eigenvalue weighted by Gasteiger charge is -2.18. The topological polar surface area (TPSA) is 28.7 Å². The molecule has 0 aliphatic rings. The van der Waals surface area contributed by atoms with Crippen LogP contribution in [0.3, 0.4) is 0 Å². The van der Waals surface area contributed by atoms with Gasteiger partial charge in [-0.2, -0.15) is 5.10 Å². The molecule has 0 amide bonds. The van der Waals surface area contributed by atoms with Crippen LogP contribution in [0.1, 0.15) is 5.76 Å². The highest BCUT2D eigenvalue weighted by atomic mass is 35.5. The van der Waals surface area contributed by atoms with Crippen molar-refractivity contribution >= 4 is 41.0 Å². The lowest BCUT2D eigenvalue weighted by Crippen LogP contribution is -2.08. The van der Waals surface area contributed by atoms with E-state index >= 15 is 0 Å². The Bertz CT molecular complexity index is 1010. The highest BCUT2D eigenvalue weighted by Crippen LogP contribution is 2.30. The van der Waals surface area contributed by atoms with E-state index in [1.807, 2.05) is 102 Å². The maximum atomic E-state index is 5.94. The van der Waals surface area contributed by atoms with E-state index in [-0.39, 0.29) is 0 Å². The molecule has 1 aromatic heterocycles. The SMILES string of the molecule is Clc1ccc(Sc2ccc(/C=N\N(c3ccccc3)c3ccccc3)o2)cc1. The summed E-state index contributed by atoms with van der Waals surface area (Å²) in [4.78, 5) is 1.07. The first-order valence-electron chi connectivity index (χ1n) is 8.75. The van der Waals surface area contributed by atoms with Gasteiger partial charge >= 0.3 is 0 Å². The molecule has 4 aromatic rings. The zero-order valence-electron chi connectivity index (χ0n) is 14.9. The molecule has 0 aliphatic heterocycles. The van der Waals surface area contributed by atoms with E-state index in [1.54, 1.807) is 18.0 Å². The Morgan fingerprint density at radius 2 is 1.36 bits per heavy atom. The number of anilines is 2. The third kappa shape index (κ3) is 4.66. The summed E-state index contributed by atoms with van der Waals surface area (Å²) in [5.41, 5.74) is 1.96. The molecule has 0 spiro atoms. The number of furan rings is 1. The molecule has 0 atom stereocenters. The van der Waals surface area contributed by atoms with Crippen LogP contribution in [-0.2, 0) is 0 Å². The van der Waals surface area contributed by atoms with E-state index in [1.165, 1.54) is 0 Å². The quantitative estimate of drug-likeness (QED) is 0.250. The monoisotopic (exact) mass is 404 g/mol.